The maximum atomic E-state index is 11.1. The molecule has 0 radical (unpaired) electrons. The summed E-state index contributed by atoms with van der Waals surface area (Å²) in [5, 5.41) is 7.95. The number of esters is 1. The van der Waals surface area contributed by atoms with E-state index >= 15 is 0 Å². The van der Waals surface area contributed by atoms with Crippen molar-refractivity contribution in [2.24, 2.45) is 0 Å². The van der Waals surface area contributed by atoms with Gasteiger partial charge in [0, 0.05) is 18.8 Å². The van der Waals surface area contributed by atoms with E-state index < -0.39 is 0 Å². The first kappa shape index (κ1) is 23.7. The zero-order chi connectivity index (χ0) is 17.3. The summed E-state index contributed by atoms with van der Waals surface area (Å²) in [6.45, 7) is 15.1. The van der Waals surface area contributed by atoms with Crippen LogP contribution in [0.5, 0.6) is 0 Å². The Kier molecular flexibility index (Phi) is 18.1. The van der Waals surface area contributed by atoms with Gasteiger partial charge in [0.1, 0.15) is 0 Å². The summed E-state index contributed by atoms with van der Waals surface area (Å²) in [5.41, 5.74) is -0.226. The van der Waals surface area contributed by atoms with Gasteiger partial charge in [-0.1, -0.05) is 13.5 Å². The van der Waals surface area contributed by atoms with E-state index in [9.17, 15) is 4.79 Å². The van der Waals surface area contributed by atoms with Crippen molar-refractivity contribution < 1.29 is 14.3 Å². The van der Waals surface area contributed by atoms with Gasteiger partial charge in [0.05, 0.1) is 25.2 Å². The number of nitrogens with one attached hydrogen (secondary N) is 2. The molecule has 0 atom stereocenters. The van der Waals surface area contributed by atoms with E-state index in [0.29, 0.717) is 32.7 Å². The third-order valence-electron chi connectivity index (χ3n) is 2.53. The molecule has 0 aliphatic rings. The molecule has 0 spiro atoms. The zero-order valence-corrected chi connectivity index (χ0v) is 15.7. The normalized spacial score (nSPS) is 10.6. The molecule has 132 valence electrons. The Morgan fingerprint density at radius 2 is 2.00 bits per heavy atom. The van der Waals surface area contributed by atoms with Crippen molar-refractivity contribution >= 4 is 17.7 Å². The molecule has 5 nitrogen and oxygen atoms in total. The highest BCUT2D eigenvalue weighted by Gasteiger charge is 2.17. The first-order chi connectivity index (χ1) is 10.4. The summed E-state index contributed by atoms with van der Waals surface area (Å²) in [4.78, 5) is 11.1. The molecule has 0 bridgehead atoms. The number of carbonyl (C=O) groups is 1. The average molecular weight is 335 g/mol. The second kappa shape index (κ2) is 16.8. The van der Waals surface area contributed by atoms with Gasteiger partial charge in [0.2, 0.25) is 0 Å². The second-order valence-corrected chi connectivity index (χ2v) is 6.16. The first-order valence-corrected chi connectivity index (χ1v) is 8.85. The van der Waals surface area contributed by atoms with E-state index in [0.717, 1.165) is 12.3 Å². The van der Waals surface area contributed by atoms with Gasteiger partial charge in [0.25, 0.3) is 0 Å². The van der Waals surface area contributed by atoms with Crippen LogP contribution in [-0.4, -0.2) is 57.2 Å². The van der Waals surface area contributed by atoms with E-state index in [4.69, 9.17) is 9.47 Å². The van der Waals surface area contributed by atoms with Gasteiger partial charge in [-0.05, 0) is 39.8 Å². The molecule has 0 rings (SSSR count). The summed E-state index contributed by atoms with van der Waals surface area (Å²) in [7, 11) is 1.93. The molecule has 0 saturated carbocycles. The predicted octanol–water partition coefficient (Wildman–Crippen LogP) is 2.43. The van der Waals surface area contributed by atoms with Gasteiger partial charge < -0.3 is 20.1 Å². The molecule has 0 amide bonds. The monoisotopic (exact) mass is 334 g/mol. The van der Waals surface area contributed by atoms with Crippen molar-refractivity contribution in [2.75, 3.05) is 45.6 Å². The molecule has 6 heteroatoms. The van der Waals surface area contributed by atoms with E-state index in [1.165, 1.54) is 0 Å². The Morgan fingerprint density at radius 3 is 2.50 bits per heavy atom. The summed E-state index contributed by atoms with van der Waals surface area (Å²) in [6, 6.07) is 0. The Balaban J connectivity index is 0. The Bertz CT molecular complexity index is 272. The van der Waals surface area contributed by atoms with Crippen LogP contribution < -0.4 is 10.6 Å². The molecule has 2 N–H and O–H groups in total. The van der Waals surface area contributed by atoms with E-state index in [-0.39, 0.29) is 11.6 Å². The standard InChI is InChI=1S/C13H25NO3S.C3H9N/c1-5-16-12(15)7-8-14-11-13(3,4)17-9-10-18-6-2;1-3-4-2/h6,14H,2,5,7-11H2,1,3-4H3;4H,3H2,1-2H3. The molecule has 0 aromatic rings. The van der Waals surface area contributed by atoms with Gasteiger partial charge in [-0.3, -0.25) is 4.79 Å². The molecule has 22 heavy (non-hydrogen) atoms. The lowest BCUT2D eigenvalue weighted by Crippen LogP contribution is -2.39. The minimum Gasteiger partial charge on any atom is -0.466 e. The Labute approximate surface area is 140 Å². The van der Waals surface area contributed by atoms with Crippen LogP contribution in [0.4, 0.5) is 0 Å². The fourth-order valence-corrected chi connectivity index (χ4v) is 1.66. The fraction of sp³-hybridized carbons (Fsp3) is 0.812. The molecule has 0 aromatic carbocycles. The van der Waals surface area contributed by atoms with Crippen LogP contribution in [0.3, 0.4) is 0 Å². The Morgan fingerprint density at radius 1 is 1.36 bits per heavy atom. The second-order valence-electron chi connectivity index (χ2n) is 5.08. The lowest BCUT2D eigenvalue weighted by molar-refractivity contribution is -0.143. The summed E-state index contributed by atoms with van der Waals surface area (Å²) < 4.78 is 10.6. The molecular formula is C16H34N2O3S. The molecule has 0 heterocycles. The largest absolute Gasteiger partial charge is 0.466 e. The number of carbonyl (C=O) groups excluding carboxylic acids is 1. The number of thioether (sulfide) groups is 1. The lowest BCUT2D eigenvalue weighted by Gasteiger charge is -2.25. The third-order valence-corrected chi connectivity index (χ3v) is 3.17. The van der Waals surface area contributed by atoms with Crippen LogP contribution in [0.1, 0.15) is 34.1 Å². The van der Waals surface area contributed by atoms with E-state index in [1.54, 1.807) is 11.8 Å². The van der Waals surface area contributed by atoms with Crippen molar-refractivity contribution in [3.8, 4) is 0 Å². The van der Waals surface area contributed by atoms with Crippen molar-refractivity contribution in [1.29, 1.82) is 0 Å². The van der Waals surface area contributed by atoms with Crippen molar-refractivity contribution in [3.63, 3.8) is 0 Å². The van der Waals surface area contributed by atoms with Crippen LogP contribution in [0, 0.1) is 0 Å². The van der Waals surface area contributed by atoms with E-state index in [1.807, 2.05) is 33.2 Å². The van der Waals surface area contributed by atoms with Crippen LogP contribution in [0.25, 0.3) is 0 Å². The summed E-state index contributed by atoms with van der Waals surface area (Å²) in [5.74, 6) is 0.751. The maximum absolute atomic E-state index is 11.1. The first-order valence-electron chi connectivity index (χ1n) is 7.80. The number of ether oxygens (including phenoxy) is 2. The van der Waals surface area contributed by atoms with Crippen molar-refractivity contribution in [1.82, 2.24) is 10.6 Å². The van der Waals surface area contributed by atoms with Crippen LogP contribution in [0.2, 0.25) is 0 Å². The SMILES string of the molecule is C=CSCCOC(C)(C)CNCCC(=O)OCC.CCNC. The summed E-state index contributed by atoms with van der Waals surface area (Å²) >= 11 is 1.64. The zero-order valence-electron chi connectivity index (χ0n) is 14.9. The lowest BCUT2D eigenvalue weighted by atomic mass is 10.1. The molecule has 0 aliphatic carbocycles. The number of rotatable bonds is 12. The molecule has 0 unspecified atom stereocenters. The van der Waals surface area contributed by atoms with Crippen molar-refractivity contribution in [3.05, 3.63) is 12.0 Å². The highest BCUT2D eigenvalue weighted by molar-refractivity contribution is 8.02. The molecule has 0 saturated heterocycles. The maximum Gasteiger partial charge on any atom is 0.307 e. The minimum absolute atomic E-state index is 0.161. The fourth-order valence-electron chi connectivity index (χ4n) is 1.31. The summed E-state index contributed by atoms with van der Waals surface area (Å²) in [6.07, 6.45) is 0.399. The highest BCUT2D eigenvalue weighted by Crippen LogP contribution is 2.09. The van der Waals surface area contributed by atoms with Gasteiger partial charge in [0.15, 0.2) is 0 Å². The van der Waals surface area contributed by atoms with Crippen LogP contribution in [0.15, 0.2) is 12.0 Å². The molecular weight excluding hydrogens is 300 g/mol. The number of hydrogen-bond donors (Lipinski definition) is 2. The van der Waals surface area contributed by atoms with Gasteiger partial charge in [-0.25, -0.2) is 0 Å². The molecule has 0 aliphatic heterocycles. The van der Waals surface area contributed by atoms with Crippen LogP contribution >= 0.6 is 11.8 Å². The minimum atomic E-state index is -0.226. The quantitative estimate of drug-likeness (QED) is 0.422. The van der Waals surface area contributed by atoms with Gasteiger partial charge in [-0.2, -0.15) is 0 Å². The van der Waals surface area contributed by atoms with Gasteiger partial charge >= 0.3 is 5.97 Å². The van der Waals surface area contributed by atoms with Crippen molar-refractivity contribution in [2.45, 2.75) is 39.7 Å². The molecule has 0 aromatic heterocycles. The van der Waals surface area contributed by atoms with E-state index in [2.05, 4.69) is 24.1 Å². The molecule has 0 fully saturated rings. The highest BCUT2D eigenvalue weighted by atomic mass is 32.2. The van der Waals surface area contributed by atoms with Crippen LogP contribution in [-0.2, 0) is 14.3 Å². The van der Waals surface area contributed by atoms with Gasteiger partial charge in [-0.15, -0.1) is 11.8 Å². The topological polar surface area (TPSA) is 59.6 Å². The Hall–Kier alpha value is -0.560. The average Bonchev–Trinajstić information content (AvgIpc) is 2.49. The third kappa shape index (κ3) is 19.4. The smallest absolute Gasteiger partial charge is 0.307 e. The number of hydrogen-bond acceptors (Lipinski definition) is 6. The predicted molar refractivity (Wildman–Crippen MR) is 96.4 cm³/mol.